The summed E-state index contributed by atoms with van der Waals surface area (Å²) in [4.78, 5) is 0. The SMILES string of the molecule is C[C@@H](O)[C@@H](N)c1ccc(Br)cc1.Cl. The summed E-state index contributed by atoms with van der Waals surface area (Å²) in [5.41, 5.74) is 6.67. The van der Waals surface area contributed by atoms with Crippen molar-refractivity contribution in [3.63, 3.8) is 0 Å². The minimum atomic E-state index is -0.508. The van der Waals surface area contributed by atoms with Gasteiger partial charge in [0.15, 0.2) is 0 Å². The lowest BCUT2D eigenvalue weighted by molar-refractivity contribution is 0.164. The van der Waals surface area contributed by atoms with Crippen LogP contribution >= 0.6 is 28.3 Å². The van der Waals surface area contributed by atoms with Crippen molar-refractivity contribution in [2.45, 2.75) is 19.1 Å². The third-order valence-electron chi connectivity index (χ3n) is 1.77. The van der Waals surface area contributed by atoms with Gasteiger partial charge in [0.25, 0.3) is 0 Å². The highest BCUT2D eigenvalue weighted by Gasteiger charge is 2.10. The third-order valence-corrected chi connectivity index (χ3v) is 2.30. The summed E-state index contributed by atoms with van der Waals surface area (Å²) in [7, 11) is 0. The fourth-order valence-corrected chi connectivity index (χ4v) is 1.23. The van der Waals surface area contributed by atoms with E-state index in [4.69, 9.17) is 5.73 Å². The second-order valence-electron chi connectivity index (χ2n) is 2.82. The van der Waals surface area contributed by atoms with E-state index in [0.717, 1.165) is 10.0 Å². The molecule has 1 aromatic carbocycles. The maximum absolute atomic E-state index is 9.21. The Morgan fingerprint density at radius 3 is 2.15 bits per heavy atom. The molecule has 0 amide bonds. The maximum Gasteiger partial charge on any atom is 0.0704 e. The average molecular weight is 267 g/mol. The first-order chi connectivity index (χ1) is 5.61. The zero-order valence-electron chi connectivity index (χ0n) is 7.27. The Morgan fingerprint density at radius 1 is 1.31 bits per heavy atom. The quantitative estimate of drug-likeness (QED) is 0.862. The minimum Gasteiger partial charge on any atom is -0.391 e. The average Bonchev–Trinajstić information content (AvgIpc) is 2.04. The highest BCUT2D eigenvalue weighted by molar-refractivity contribution is 9.10. The van der Waals surface area contributed by atoms with Crippen molar-refractivity contribution in [3.8, 4) is 0 Å². The fraction of sp³-hybridized carbons (Fsp3) is 0.333. The highest BCUT2D eigenvalue weighted by atomic mass is 79.9. The normalized spacial score (nSPS) is 14.5. The molecule has 0 saturated heterocycles. The summed E-state index contributed by atoms with van der Waals surface area (Å²) in [5, 5.41) is 9.21. The van der Waals surface area contributed by atoms with Crippen LogP contribution in [0.15, 0.2) is 28.7 Å². The smallest absolute Gasteiger partial charge is 0.0704 e. The minimum absolute atomic E-state index is 0. The van der Waals surface area contributed by atoms with Gasteiger partial charge in [-0.05, 0) is 24.6 Å². The molecule has 0 bridgehead atoms. The van der Waals surface area contributed by atoms with E-state index >= 15 is 0 Å². The van der Waals surface area contributed by atoms with Crippen LogP contribution in [0.3, 0.4) is 0 Å². The molecule has 0 heterocycles. The molecule has 0 radical (unpaired) electrons. The molecular weight excluding hydrogens is 253 g/mol. The van der Waals surface area contributed by atoms with E-state index in [1.807, 2.05) is 24.3 Å². The van der Waals surface area contributed by atoms with E-state index in [1.165, 1.54) is 0 Å². The highest BCUT2D eigenvalue weighted by Crippen LogP contribution is 2.17. The van der Waals surface area contributed by atoms with Gasteiger partial charge >= 0.3 is 0 Å². The molecule has 74 valence electrons. The van der Waals surface area contributed by atoms with Gasteiger partial charge < -0.3 is 10.8 Å². The molecule has 4 heteroatoms. The molecule has 0 aliphatic rings. The molecule has 0 spiro atoms. The Bertz CT molecular complexity index is 250. The van der Waals surface area contributed by atoms with Crippen molar-refractivity contribution < 1.29 is 5.11 Å². The zero-order valence-corrected chi connectivity index (χ0v) is 9.68. The second-order valence-corrected chi connectivity index (χ2v) is 3.73. The fourth-order valence-electron chi connectivity index (χ4n) is 0.964. The van der Waals surface area contributed by atoms with Gasteiger partial charge in [-0.25, -0.2) is 0 Å². The first-order valence-electron chi connectivity index (χ1n) is 3.80. The summed E-state index contributed by atoms with van der Waals surface area (Å²) in [5.74, 6) is 0. The van der Waals surface area contributed by atoms with Gasteiger partial charge in [-0.3, -0.25) is 0 Å². The summed E-state index contributed by atoms with van der Waals surface area (Å²) >= 11 is 3.33. The Balaban J connectivity index is 0.00000144. The number of aliphatic hydroxyl groups excluding tert-OH is 1. The monoisotopic (exact) mass is 265 g/mol. The van der Waals surface area contributed by atoms with Gasteiger partial charge in [0, 0.05) is 4.47 Å². The van der Waals surface area contributed by atoms with Crippen LogP contribution in [0.25, 0.3) is 0 Å². The molecule has 3 N–H and O–H groups in total. The first kappa shape index (κ1) is 12.9. The van der Waals surface area contributed by atoms with Crippen LogP contribution in [-0.2, 0) is 0 Å². The third kappa shape index (κ3) is 3.65. The Morgan fingerprint density at radius 2 is 1.77 bits per heavy atom. The van der Waals surface area contributed by atoms with Gasteiger partial charge in [-0.2, -0.15) is 0 Å². The van der Waals surface area contributed by atoms with Crippen molar-refractivity contribution in [2.24, 2.45) is 5.73 Å². The van der Waals surface area contributed by atoms with Crippen LogP contribution in [0.2, 0.25) is 0 Å². The number of aliphatic hydroxyl groups is 1. The molecule has 0 aliphatic carbocycles. The maximum atomic E-state index is 9.21. The molecule has 1 aromatic rings. The van der Waals surface area contributed by atoms with E-state index in [1.54, 1.807) is 6.92 Å². The number of hydrogen-bond acceptors (Lipinski definition) is 2. The van der Waals surface area contributed by atoms with Crippen LogP contribution < -0.4 is 5.73 Å². The molecule has 0 unspecified atom stereocenters. The largest absolute Gasteiger partial charge is 0.391 e. The van der Waals surface area contributed by atoms with Gasteiger partial charge in [-0.1, -0.05) is 28.1 Å². The Kier molecular flexibility index (Phi) is 5.56. The summed E-state index contributed by atoms with van der Waals surface area (Å²) in [6, 6.07) is 7.34. The van der Waals surface area contributed by atoms with Crippen LogP contribution in [-0.4, -0.2) is 11.2 Å². The van der Waals surface area contributed by atoms with Gasteiger partial charge in [-0.15, -0.1) is 12.4 Å². The van der Waals surface area contributed by atoms with Gasteiger partial charge in [0.2, 0.25) is 0 Å². The molecule has 2 atom stereocenters. The van der Waals surface area contributed by atoms with E-state index in [0.29, 0.717) is 0 Å². The predicted octanol–water partition coefficient (Wildman–Crippen LogP) is 2.25. The van der Waals surface area contributed by atoms with E-state index in [2.05, 4.69) is 15.9 Å². The van der Waals surface area contributed by atoms with Crippen molar-refractivity contribution in [1.82, 2.24) is 0 Å². The molecule has 0 saturated carbocycles. The number of halogens is 2. The zero-order chi connectivity index (χ0) is 9.14. The number of nitrogens with two attached hydrogens (primary N) is 1. The summed E-state index contributed by atoms with van der Waals surface area (Å²) in [6.07, 6.45) is -0.508. The van der Waals surface area contributed by atoms with E-state index < -0.39 is 6.10 Å². The molecule has 0 aliphatic heterocycles. The van der Waals surface area contributed by atoms with Gasteiger partial charge in [0.1, 0.15) is 0 Å². The molecule has 0 aromatic heterocycles. The van der Waals surface area contributed by atoms with Crippen molar-refractivity contribution in [2.75, 3.05) is 0 Å². The van der Waals surface area contributed by atoms with Gasteiger partial charge in [0.05, 0.1) is 12.1 Å². The summed E-state index contributed by atoms with van der Waals surface area (Å²) in [6.45, 7) is 1.69. The van der Waals surface area contributed by atoms with Crippen LogP contribution in [0.5, 0.6) is 0 Å². The van der Waals surface area contributed by atoms with E-state index in [-0.39, 0.29) is 18.4 Å². The molecule has 1 rings (SSSR count). The standard InChI is InChI=1S/C9H12BrNO.ClH/c1-6(12)9(11)7-2-4-8(10)5-3-7;/h2-6,9,12H,11H2,1H3;1H/t6-,9-;/m1./s1. The second kappa shape index (κ2) is 5.60. The topological polar surface area (TPSA) is 46.2 Å². The van der Waals surface area contributed by atoms with Crippen LogP contribution in [0.4, 0.5) is 0 Å². The lowest BCUT2D eigenvalue weighted by Crippen LogP contribution is -2.22. The van der Waals surface area contributed by atoms with Crippen molar-refractivity contribution in [1.29, 1.82) is 0 Å². The predicted molar refractivity (Wildman–Crippen MR) is 60.0 cm³/mol. The lowest BCUT2D eigenvalue weighted by Gasteiger charge is -2.14. The van der Waals surface area contributed by atoms with Crippen molar-refractivity contribution >= 4 is 28.3 Å². The van der Waals surface area contributed by atoms with Crippen LogP contribution in [0, 0.1) is 0 Å². The number of benzene rings is 1. The van der Waals surface area contributed by atoms with Crippen LogP contribution in [0.1, 0.15) is 18.5 Å². The first-order valence-corrected chi connectivity index (χ1v) is 4.59. The number of hydrogen-bond donors (Lipinski definition) is 2. The summed E-state index contributed by atoms with van der Waals surface area (Å²) < 4.78 is 1.02. The number of rotatable bonds is 2. The van der Waals surface area contributed by atoms with Crippen molar-refractivity contribution in [3.05, 3.63) is 34.3 Å². The molecule has 13 heavy (non-hydrogen) atoms. The van der Waals surface area contributed by atoms with E-state index in [9.17, 15) is 5.11 Å². The lowest BCUT2D eigenvalue weighted by atomic mass is 10.0. The molecule has 2 nitrogen and oxygen atoms in total. The molecule has 0 fully saturated rings. The molecular formula is C9H13BrClNO. The Labute approximate surface area is 92.7 Å². The Hall–Kier alpha value is -0.0900.